The lowest BCUT2D eigenvalue weighted by Gasteiger charge is -1.93. The Bertz CT molecular complexity index is 170. The summed E-state index contributed by atoms with van der Waals surface area (Å²) in [6, 6.07) is 0. The van der Waals surface area contributed by atoms with Gasteiger partial charge < -0.3 is 5.43 Å². The fourth-order valence-electron chi connectivity index (χ4n) is 0.414. The molecule has 0 rings (SSSR count). The van der Waals surface area contributed by atoms with Crippen LogP contribution < -0.4 is 11.3 Å². The molecule has 0 aliphatic carbocycles. The van der Waals surface area contributed by atoms with Crippen molar-refractivity contribution in [1.82, 2.24) is 5.43 Å². The van der Waals surface area contributed by atoms with Gasteiger partial charge in [0, 0.05) is 10.7 Å². The van der Waals surface area contributed by atoms with Crippen molar-refractivity contribution in [3.63, 3.8) is 0 Å². The zero-order chi connectivity index (χ0) is 7.98. The molecule has 0 unspecified atom stereocenters. The van der Waals surface area contributed by atoms with Crippen molar-refractivity contribution >= 4 is 15.9 Å². The van der Waals surface area contributed by atoms with Crippen LogP contribution in [-0.4, -0.2) is 0 Å². The smallest absolute Gasteiger partial charge is 0.0199 e. The first-order valence-electron chi connectivity index (χ1n) is 2.84. The molecule has 0 heterocycles. The van der Waals surface area contributed by atoms with E-state index >= 15 is 0 Å². The van der Waals surface area contributed by atoms with E-state index < -0.39 is 0 Å². The number of hydrazine groups is 1. The molecule has 0 fully saturated rings. The van der Waals surface area contributed by atoms with Crippen LogP contribution in [0.25, 0.3) is 0 Å². The first-order valence-corrected chi connectivity index (χ1v) is 3.63. The summed E-state index contributed by atoms with van der Waals surface area (Å²) >= 11 is 3.31. The van der Waals surface area contributed by atoms with Gasteiger partial charge in [0.2, 0.25) is 0 Å². The van der Waals surface area contributed by atoms with E-state index in [2.05, 4.69) is 27.9 Å². The molecule has 0 radical (unpaired) electrons. The SMILES string of the molecule is C=C/C(Br)=C(C)\C=C/NN. The standard InChI is InChI=1S/C7H11BrN2/c1-3-7(8)6(2)4-5-10-9/h3-5,10H,1,9H2,2H3/b5-4-,7-6+. The van der Waals surface area contributed by atoms with Gasteiger partial charge in [0.05, 0.1) is 0 Å². The van der Waals surface area contributed by atoms with Crippen LogP contribution in [0.4, 0.5) is 0 Å². The number of halogens is 1. The Labute approximate surface area is 69.6 Å². The molecule has 2 nitrogen and oxygen atoms in total. The van der Waals surface area contributed by atoms with Gasteiger partial charge in [-0.15, -0.1) is 0 Å². The average Bonchev–Trinajstić information content (AvgIpc) is 1.98. The normalized spacial score (nSPS) is 13.1. The molecule has 10 heavy (non-hydrogen) atoms. The van der Waals surface area contributed by atoms with Crippen molar-refractivity contribution in [3.05, 3.63) is 35.0 Å². The fourth-order valence-corrected chi connectivity index (χ4v) is 0.546. The van der Waals surface area contributed by atoms with Crippen LogP contribution in [0.5, 0.6) is 0 Å². The molecule has 56 valence electrons. The predicted molar refractivity (Wildman–Crippen MR) is 48.3 cm³/mol. The Morgan fingerprint density at radius 3 is 2.70 bits per heavy atom. The van der Waals surface area contributed by atoms with E-state index in [0.717, 1.165) is 10.1 Å². The number of nitrogens with one attached hydrogen (secondary N) is 1. The average molecular weight is 203 g/mol. The fraction of sp³-hybridized carbons (Fsp3) is 0.143. The van der Waals surface area contributed by atoms with Crippen molar-refractivity contribution in [2.75, 3.05) is 0 Å². The van der Waals surface area contributed by atoms with Gasteiger partial charge in [-0.3, -0.25) is 5.84 Å². The molecule has 0 aromatic rings. The van der Waals surface area contributed by atoms with Crippen molar-refractivity contribution < 1.29 is 0 Å². The van der Waals surface area contributed by atoms with Gasteiger partial charge in [0.1, 0.15) is 0 Å². The van der Waals surface area contributed by atoms with Gasteiger partial charge >= 0.3 is 0 Å². The van der Waals surface area contributed by atoms with E-state index in [1.807, 2.05) is 13.0 Å². The third-order valence-electron chi connectivity index (χ3n) is 0.985. The van der Waals surface area contributed by atoms with Gasteiger partial charge in [-0.2, -0.15) is 0 Å². The van der Waals surface area contributed by atoms with Gasteiger partial charge in [0.15, 0.2) is 0 Å². The second-order valence-corrected chi connectivity index (χ2v) is 2.59. The maximum Gasteiger partial charge on any atom is 0.0199 e. The molecule has 3 heteroatoms. The predicted octanol–water partition coefficient (Wildman–Crippen LogP) is 1.82. The Balaban J connectivity index is 4.17. The van der Waals surface area contributed by atoms with E-state index in [1.54, 1.807) is 12.3 Å². The molecule has 0 aromatic carbocycles. The second kappa shape index (κ2) is 5.26. The number of nitrogens with two attached hydrogens (primary N) is 1. The zero-order valence-corrected chi connectivity index (χ0v) is 7.48. The molecule has 0 aliphatic rings. The lowest BCUT2D eigenvalue weighted by atomic mass is 10.3. The van der Waals surface area contributed by atoms with E-state index in [0.29, 0.717) is 0 Å². The van der Waals surface area contributed by atoms with E-state index in [1.165, 1.54) is 0 Å². The number of hydrogen-bond acceptors (Lipinski definition) is 2. The molecular weight excluding hydrogens is 192 g/mol. The van der Waals surface area contributed by atoms with Gasteiger partial charge in [-0.1, -0.05) is 28.6 Å². The maximum atomic E-state index is 5.02. The monoisotopic (exact) mass is 202 g/mol. The number of allylic oxidation sites excluding steroid dienone is 4. The molecule has 0 atom stereocenters. The molecule has 0 amide bonds. The summed E-state index contributed by atoms with van der Waals surface area (Å²) in [7, 11) is 0. The van der Waals surface area contributed by atoms with Crippen LogP contribution in [0.3, 0.4) is 0 Å². The lowest BCUT2D eigenvalue weighted by molar-refractivity contribution is 0.966. The number of hydrogen-bond donors (Lipinski definition) is 2. The highest BCUT2D eigenvalue weighted by Crippen LogP contribution is 2.12. The zero-order valence-electron chi connectivity index (χ0n) is 5.89. The minimum absolute atomic E-state index is 0.971. The highest BCUT2D eigenvalue weighted by Gasteiger charge is 1.86. The van der Waals surface area contributed by atoms with Gasteiger partial charge in [-0.05, 0) is 18.6 Å². The first kappa shape index (κ1) is 9.46. The summed E-state index contributed by atoms with van der Waals surface area (Å²) in [6.07, 6.45) is 5.24. The van der Waals surface area contributed by atoms with Gasteiger partial charge in [-0.25, -0.2) is 0 Å². The third-order valence-corrected chi connectivity index (χ3v) is 1.93. The minimum Gasteiger partial charge on any atom is -0.331 e. The lowest BCUT2D eigenvalue weighted by Crippen LogP contribution is -2.12. The molecule has 3 N–H and O–H groups in total. The summed E-state index contributed by atoms with van der Waals surface area (Å²) in [5.41, 5.74) is 3.48. The van der Waals surface area contributed by atoms with Crippen LogP contribution in [0.15, 0.2) is 35.0 Å². The number of rotatable bonds is 3. The van der Waals surface area contributed by atoms with E-state index in [9.17, 15) is 0 Å². The molecule has 0 aromatic heterocycles. The summed E-state index contributed by atoms with van der Waals surface area (Å²) < 4.78 is 0.971. The summed E-state index contributed by atoms with van der Waals surface area (Å²) in [5.74, 6) is 5.02. The molecule has 0 saturated carbocycles. The minimum atomic E-state index is 0.971. The third kappa shape index (κ3) is 3.48. The molecule has 0 bridgehead atoms. The summed E-state index contributed by atoms with van der Waals surface area (Å²) in [5, 5.41) is 0. The Morgan fingerprint density at radius 2 is 2.30 bits per heavy atom. The van der Waals surface area contributed by atoms with Crippen LogP contribution in [0.1, 0.15) is 6.92 Å². The van der Waals surface area contributed by atoms with E-state index in [-0.39, 0.29) is 0 Å². The largest absolute Gasteiger partial charge is 0.331 e. The van der Waals surface area contributed by atoms with E-state index in [4.69, 9.17) is 5.84 Å². The Hall–Kier alpha value is -0.540. The van der Waals surface area contributed by atoms with Crippen molar-refractivity contribution in [3.8, 4) is 0 Å². The molecular formula is C7H11BrN2. The topological polar surface area (TPSA) is 38.0 Å². The maximum absolute atomic E-state index is 5.02. The second-order valence-electron chi connectivity index (χ2n) is 1.74. The molecule has 0 saturated heterocycles. The highest BCUT2D eigenvalue weighted by molar-refractivity contribution is 9.11. The highest BCUT2D eigenvalue weighted by atomic mass is 79.9. The Morgan fingerprint density at radius 1 is 1.70 bits per heavy atom. The summed E-state index contributed by atoms with van der Waals surface area (Å²) in [6.45, 7) is 5.56. The van der Waals surface area contributed by atoms with Crippen LogP contribution in [0.2, 0.25) is 0 Å². The van der Waals surface area contributed by atoms with Crippen LogP contribution in [-0.2, 0) is 0 Å². The van der Waals surface area contributed by atoms with Crippen LogP contribution >= 0.6 is 15.9 Å². The van der Waals surface area contributed by atoms with Crippen molar-refractivity contribution in [2.24, 2.45) is 5.84 Å². The molecule has 0 spiro atoms. The van der Waals surface area contributed by atoms with Gasteiger partial charge in [0.25, 0.3) is 0 Å². The Kier molecular flexibility index (Phi) is 4.98. The van der Waals surface area contributed by atoms with Crippen LogP contribution in [0, 0.1) is 0 Å². The molecule has 0 aliphatic heterocycles. The summed E-state index contributed by atoms with van der Waals surface area (Å²) in [4.78, 5) is 0. The van der Waals surface area contributed by atoms with Crippen molar-refractivity contribution in [2.45, 2.75) is 6.92 Å². The quantitative estimate of drug-likeness (QED) is 0.417. The first-order chi connectivity index (χ1) is 4.72. The van der Waals surface area contributed by atoms with Crippen molar-refractivity contribution in [1.29, 1.82) is 0 Å².